The Hall–Kier alpha value is -11.9. The van der Waals surface area contributed by atoms with Gasteiger partial charge in [0.2, 0.25) is 23.6 Å². The summed E-state index contributed by atoms with van der Waals surface area (Å²) in [4.78, 5) is 186. The molecule has 0 aromatic heterocycles. The number of alkyl halides is 5. The number of rotatable bonds is 45. The molecule has 0 aliphatic carbocycles. The lowest BCUT2D eigenvalue weighted by atomic mass is 9.86. The van der Waals surface area contributed by atoms with Gasteiger partial charge in [0.15, 0.2) is 1.37 Å². The molecular weight excluding hydrogens is 2070 g/mol. The van der Waals surface area contributed by atoms with E-state index in [0.29, 0.717) is 84.4 Å². The summed E-state index contributed by atoms with van der Waals surface area (Å²) >= 11 is 28.1. The van der Waals surface area contributed by atoms with E-state index < -0.39 is 199 Å². The van der Waals surface area contributed by atoms with Crippen LogP contribution in [0.5, 0.6) is 0 Å². The molecule has 5 aromatic carbocycles. The Labute approximate surface area is 901 Å². The van der Waals surface area contributed by atoms with Crippen molar-refractivity contribution in [3.8, 4) is 0 Å². The molecule has 0 unspecified atom stereocenters. The molecule has 0 fully saturated rings. The van der Waals surface area contributed by atoms with Crippen LogP contribution in [0.3, 0.4) is 0 Å². The number of carbonyl (C=O) groups is 14. The quantitative estimate of drug-likeness (QED) is 0.00252. The van der Waals surface area contributed by atoms with Gasteiger partial charge in [0.25, 0.3) is 17.8 Å². The molecule has 5 aromatic rings. The fourth-order valence-corrected chi connectivity index (χ4v) is 11.7. The zero-order chi connectivity index (χ0) is 117. The van der Waals surface area contributed by atoms with Crippen LogP contribution in [0, 0.1) is 20.2 Å². The first-order chi connectivity index (χ1) is 69.4. The number of ether oxygens (including phenoxy) is 5. The molecule has 0 aliphatic heterocycles. The highest BCUT2D eigenvalue weighted by Gasteiger charge is 2.34. The fraction of sp³-hybridized carbons (Fsp3) is 0.527. The van der Waals surface area contributed by atoms with Crippen molar-refractivity contribution in [1.82, 2.24) is 26.4 Å². The summed E-state index contributed by atoms with van der Waals surface area (Å²) in [7, 11) is -3.96. The first-order valence-corrected chi connectivity index (χ1v) is 48.8. The highest BCUT2D eigenvalue weighted by molar-refractivity contribution is 6.47. The number of non-ortho nitro benzene ring substituents is 2. The second-order valence-electron chi connectivity index (χ2n) is 37.8. The highest BCUT2D eigenvalue weighted by atomic mass is 35.5. The van der Waals surface area contributed by atoms with Crippen LogP contribution in [-0.2, 0) is 95.6 Å². The van der Waals surface area contributed by atoms with Crippen molar-refractivity contribution in [2.24, 2.45) is 5.73 Å². The monoisotopic (exact) mass is 2220 g/mol. The van der Waals surface area contributed by atoms with E-state index in [4.69, 9.17) is 131 Å². The zero-order valence-electron chi connectivity index (χ0n) is 89.3. The second kappa shape index (κ2) is 75.0. The normalized spacial score (nSPS) is 12.1. The maximum atomic E-state index is 12.7. The molecule has 0 aliphatic rings. The molecule has 150 heavy (non-hydrogen) atoms. The van der Waals surface area contributed by atoms with E-state index in [1.165, 1.54) is 63.7 Å². The molecule has 6 atom stereocenters. The van der Waals surface area contributed by atoms with E-state index in [1.54, 1.807) is 185 Å². The summed E-state index contributed by atoms with van der Waals surface area (Å²) in [6.45, 7) is 39.2. The van der Waals surface area contributed by atoms with Gasteiger partial charge in [-0.1, -0.05) is 30.3 Å². The number of esters is 4. The maximum Gasteiger partial charge on any atom is 0.374 e. The van der Waals surface area contributed by atoms with Crippen LogP contribution in [0.15, 0.2) is 121 Å². The number of nitrogens with zero attached hydrogens (tertiary/aromatic N) is 4. The number of nitrogens with two attached hydrogens (primary N) is 3. The van der Waals surface area contributed by atoms with Gasteiger partial charge >= 0.3 is 76.0 Å². The molecule has 0 spiro atoms. The van der Waals surface area contributed by atoms with Crippen LogP contribution in [0.4, 0.5) is 56.9 Å². The Morgan fingerprint density at radius 2 is 0.673 bits per heavy atom. The molecule has 0 radical (unpaired) electrons. The van der Waals surface area contributed by atoms with E-state index in [2.05, 4.69) is 52.4 Å². The molecule has 0 saturated heterocycles. The average Bonchev–Trinajstić information content (AvgIpc) is 0.864. The third kappa shape index (κ3) is 79.2. The van der Waals surface area contributed by atoms with Gasteiger partial charge in [0, 0.05) is 119 Å². The topological polar surface area (TPSA) is 735 Å². The zero-order valence-corrected chi connectivity index (χ0v) is 92.1. The number of nitrogens with one attached hydrogen (secondary N) is 9. The van der Waals surface area contributed by atoms with Crippen molar-refractivity contribution in [3.05, 3.63) is 142 Å². The Bertz CT molecular complexity index is 5030. The van der Waals surface area contributed by atoms with E-state index in [-0.39, 0.29) is 48.6 Å². The van der Waals surface area contributed by atoms with Crippen LogP contribution in [-0.4, -0.2) is 288 Å². The molecule has 0 heterocycles. The molecule has 838 valence electrons. The number of carboxylic acids is 4. The average molecular weight is 2220 g/mol. The predicted molar refractivity (Wildman–Crippen MR) is 580 cm³/mol. The van der Waals surface area contributed by atoms with Gasteiger partial charge in [0.1, 0.15) is 46.4 Å². The number of nitrogen functional groups attached to an aromatic ring is 2. The molecule has 48 nitrogen and oxygen atoms in total. The number of halogens is 5. The number of nitro groups is 2. The number of benzene rings is 5. The van der Waals surface area contributed by atoms with E-state index in [0.717, 1.165) is 11.4 Å². The Morgan fingerprint density at radius 3 is 0.920 bits per heavy atom. The number of aldehydes is 1. The number of carbonyl (C=O) groups excluding carboxylic acids is 10. The SMILES string of the molecule is CB(O)N[C@H](CC(=O)OC(C)(C)C)C(=O)Nc1cccc(N(CCCl)CCCl)c1.CB(O)N[C@H](CC(=O)OC(C)(C)C)C(=O)Nc1cccc(N)c1.CB(O)N[C@H](CC(=O)OC(C)(C)C)C(=O)Nc1cccc([N+](=O)[O-])c1.CB(O)N[C@H](CC(=O)OC(C)(C)C)C(=O)O.CC(C)(C)ON[C@@H](CC(=O)O)C(=O)O.N[C@H](CC(=O)O)C(=O)Nc1cccc(N(CCCl)CCCl)c1.Nc1cccc([N+](=O)[O-])c1.O=CCCl.[2H]C(=O)OC(C)(C)C. The smallest absolute Gasteiger partial charge is 0.374 e. The van der Waals surface area contributed by atoms with Crippen LogP contribution in [0.1, 0.15) is 165 Å². The van der Waals surface area contributed by atoms with Crippen molar-refractivity contribution >= 4 is 227 Å². The van der Waals surface area contributed by atoms with Gasteiger partial charge in [-0.25, -0.2) is 0 Å². The summed E-state index contributed by atoms with van der Waals surface area (Å²) < 4.78 is 31.5. The molecule has 57 heteroatoms. The number of anilines is 8. The first kappa shape index (κ1) is 142. The van der Waals surface area contributed by atoms with Gasteiger partial charge in [-0.2, -0.15) is 5.48 Å². The summed E-state index contributed by atoms with van der Waals surface area (Å²) in [6, 6.07) is 26.0. The minimum atomic E-state index is -1.25. The van der Waals surface area contributed by atoms with Crippen LogP contribution >= 0.6 is 58.0 Å². The Morgan fingerprint density at radius 1 is 0.400 bits per heavy atom. The second-order valence-corrected chi connectivity index (χ2v) is 39.6. The maximum absolute atomic E-state index is 12.7. The fourth-order valence-electron chi connectivity index (χ4n) is 10.9. The summed E-state index contributed by atoms with van der Waals surface area (Å²) in [5.41, 5.74) is 19.3. The molecule has 5 rings (SSSR count). The molecule has 4 amide bonds. The molecule has 0 saturated carbocycles. The van der Waals surface area contributed by atoms with Gasteiger partial charge < -0.3 is 138 Å². The summed E-state index contributed by atoms with van der Waals surface area (Å²) in [6.07, 6.45) is -2.31. The number of amides is 4. The van der Waals surface area contributed by atoms with Crippen molar-refractivity contribution in [1.29, 1.82) is 0 Å². The summed E-state index contributed by atoms with van der Waals surface area (Å²) in [5, 5.41) is 114. The number of hydrogen-bond donors (Lipinski definition) is 20. The van der Waals surface area contributed by atoms with Gasteiger partial charge in [-0.05, 0) is 219 Å². The third-order valence-corrected chi connectivity index (χ3v) is 17.2. The largest absolute Gasteiger partial charge is 0.481 e. The standard InChI is InChI=1S/C19H30BCl2N3O4.C15H22BN3O6.C15H24BN3O4.C14H19Cl2N3O3.C9H18BNO5.C8H15NO5.C6H6N2O2.C5H10O2.C2H3ClO/c1-19(2,3)29-17(26)13-16(24-20(4)28)18(27)23-14-6-5-7-15(12-14)25(10-8-21)11-9-22;1-15(2,3)25-13(20)9-12(18-16(4)22)14(21)17-10-6-5-7-11(8-10)19(23)24;1-15(2,3)23-13(20)9-12(19-16(4)22)14(21)18-11-7-5-6-10(17)8-11;15-4-6-19(7-5-16)11-3-1-2-10(8-11)18-14(22)12(17)9-13(20)21;1-9(2,3)16-7(12)5-6(8(13)14)11-10(4)15;1-8(2,3)14-9-5(7(12)13)4-6(10)11;7-5-2-1-3-6(4-5)8(9)10;1-5(2,3)7-4-6;3-1-2-4/h5-7,12,16,24,28H,8-11,13H2,1-4H3,(H,23,27);5-8,12,18,22H,9H2,1-4H3,(H,17,21);5-8,12,19,22H,9,17H2,1-4H3,(H,18,21);1-3,8,12H,4-7,9,17H2,(H,18,22)(H,20,21);6,11,15H,5H2,1-4H3,(H,13,14);5,9H,4H2,1-3H3,(H,10,11)(H,12,13);1-4H,7H2;4H,1-3H3;2H,1H2/t16-;3*12-;6-;5-;;;/m111110.../s1/i;;;;;;;4D;. The van der Waals surface area contributed by atoms with E-state index in [9.17, 15) is 97.6 Å². The Kier molecular flexibility index (Phi) is 71.1. The molecule has 0 bridgehead atoms. The lowest BCUT2D eigenvalue weighted by molar-refractivity contribution is -0.385. The van der Waals surface area contributed by atoms with Gasteiger partial charge in [0.05, 0.1) is 84.0 Å². The minimum Gasteiger partial charge on any atom is -0.481 e. The van der Waals surface area contributed by atoms with Crippen LogP contribution in [0.2, 0.25) is 27.3 Å². The van der Waals surface area contributed by atoms with Gasteiger partial charge in [-0.15, -0.1) is 58.0 Å². The predicted octanol–water partition coefficient (Wildman–Crippen LogP) is 9.43. The highest BCUT2D eigenvalue weighted by Crippen LogP contribution is 2.25. The van der Waals surface area contributed by atoms with Crippen molar-refractivity contribution in [2.75, 3.05) is 98.1 Å². The number of carboxylic acid groups (broad SMARTS) is 4. The number of aliphatic carboxylic acids is 4. The number of nitro benzene ring substituents is 2. The number of hydroxylamine groups is 1. The lowest BCUT2D eigenvalue weighted by Gasteiger charge is -2.24. The van der Waals surface area contributed by atoms with Crippen LogP contribution in [0.25, 0.3) is 0 Å². The van der Waals surface area contributed by atoms with Crippen LogP contribution < -0.4 is 74.7 Å². The van der Waals surface area contributed by atoms with Crippen molar-refractivity contribution < 1.29 is 147 Å². The van der Waals surface area contributed by atoms with E-state index >= 15 is 0 Å². The Balaban J connectivity index is -0.000000832. The minimum absolute atomic E-state index is 0.0278. The van der Waals surface area contributed by atoms with Crippen molar-refractivity contribution in [2.45, 2.75) is 260 Å². The number of hydrogen-bond acceptors (Lipinski definition) is 38. The van der Waals surface area contributed by atoms with E-state index in [1.807, 2.05) is 34.1 Å². The summed E-state index contributed by atoms with van der Waals surface area (Å²) in [5.74, 6) is -7.20. The third-order valence-electron chi connectivity index (χ3n) is 16.4. The lowest BCUT2D eigenvalue weighted by Crippen LogP contribution is -2.48. The first-order valence-electron chi connectivity index (χ1n) is 46.6. The molecular formula is C93H147B4Cl5N16O32. The molecule has 23 N–H and O–H groups in total. The van der Waals surface area contributed by atoms with Crippen molar-refractivity contribution in [3.63, 3.8) is 0 Å². The van der Waals surface area contributed by atoms with Gasteiger partial charge in [-0.3, -0.25) is 87.4 Å².